The van der Waals surface area contributed by atoms with E-state index in [1.165, 1.54) is 6.92 Å². The Morgan fingerprint density at radius 3 is 2.08 bits per heavy atom. The van der Waals surface area contributed by atoms with E-state index in [2.05, 4.69) is 5.32 Å². The summed E-state index contributed by atoms with van der Waals surface area (Å²) < 4.78 is 0. The molecule has 0 aliphatic rings. The third-order valence-corrected chi connectivity index (χ3v) is 1.80. The van der Waals surface area contributed by atoms with Gasteiger partial charge in [-0.25, -0.2) is 0 Å². The molecule has 0 aliphatic heterocycles. The van der Waals surface area contributed by atoms with Gasteiger partial charge in [0.15, 0.2) is 0 Å². The van der Waals surface area contributed by atoms with Gasteiger partial charge in [0.25, 0.3) is 0 Å². The third-order valence-electron chi connectivity index (χ3n) is 1.80. The number of carbonyl (C=O) groups excluding carboxylic acids is 1. The average molecular weight is 187 g/mol. The maximum absolute atomic E-state index is 10.8. The highest BCUT2D eigenvalue weighted by Gasteiger charge is 2.27. The molecule has 0 aliphatic carbocycles. The number of hydrogen-bond acceptors (Lipinski definition) is 2. The number of carboxylic acid groups (broad SMARTS) is 1. The van der Waals surface area contributed by atoms with Gasteiger partial charge >= 0.3 is 5.97 Å². The third kappa shape index (κ3) is 5.22. The summed E-state index contributed by atoms with van der Waals surface area (Å²) in [7, 11) is 0. The molecule has 0 saturated heterocycles. The van der Waals surface area contributed by atoms with E-state index in [9.17, 15) is 9.59 Å². The molecule has 1 amide bonds. The van der Waals surface area contributed by atoms with Crippen molar-refractivity contribution in [1.82, 2.24) is 5.32 Å². The van der Waals surface area contributed by atoms with Crippen LogP contribution in [0, 0.1) is 5.41 Å². The van der Waals surface area contributed by atoms with Crippen LogP contribution in [0.25, 0.3) is 0 Å². The van der Waals surface area contributed by atoms with Crippen LogP contribution in [0.15, 0.2) is 0 Å². The summed E-state index contributed by atoms with van der Waals surface area (Å²) in [6.45, 7) is 7.09. The number of carbonyl (C=O) groups is 2. The molecule has 0 spiro atoms. The minimum absolute atomic E-state index is 0.0386. The largest absolute Gasteiger partial charge is 0.481 e. The Hall–Kier alpha value is -1.06. The highest BCUT2D eigenvalue weighted by Crippen LogP contribution is 2.21. The normalized spacial score (nSPS) is 13.5. The van der Waals surface area contributed by atoms with E-state index in [1.54, 1.807) is 0 Å². The fraction of sp³-hybridized carbons (Fsp3) is 0.778. The molecule has 0 bridgehead atoms. The first-order chi connectivity index (χ1) is 5.73. The lowest BCUT2D eigenvalue weighted by Crippen LogP contribution is -2.44. The van der Waals surface area contributed by atoms with Crippen molar-refractivity contribution in [3.63, 3.8) is 0 Å². The molecule has 76 valence electrons. The van der Waals surface area contributed by atoms with Crippen molar-refractivity contribution >= 4 is 11.9 Å². The van der Waals surface area contributed by atoms with Gasteiger partial charge in [0.1, 0.15) is 0 Å². The fourth-order valence-corrected chi connectivity index (χ4v) is 0.994. The van der Waals surface area contributed by atoms with E-state index in [4.69, 9.17) is 5.11 Å². The zero-order valence-electron chi connectivity index (χ0n) is 8.55. The Balaban J connectivity index is 4.37. The van der Waals surface area contributed by atoms with Crippen molar-refractivity contribution in [2.75, 3.05) is 0 Å². The summed E-state index contributed by atoms with van der Waals surface area (Å²) in [6, 6.07) is -0.317. The second kappa shape index (κ2) is 4.25. The van der Waals surface area contributed by atoms with Crippen LogP contribution >= 0.6 is 0 Å². The molecule has 0 rings (SSSR count). The molecule has 0 fully saturated rings. The molecular formula is C9H17NO3. The second-order valence-electron chi connectivity index (χ2n) is 4.22. The van der Waals surface area contributed by atoms with Crippen LogP contribution in [0.5, 0.6) is 0 Å². The van der Waals surface area contributed by atoms with Gasteiger partial charge in [-0.2, -0.15) is 0 Å². The van der Waals surface area contributed by atoms with Crippen LogP contribution in [0.3, 0.4) is 0 Å². The SMILES string of the molecule is CC(=O)N[C@H](CC(=O)O)C(C)(C)C. The number of carboxylic acids is 1. The van der Waals surface area contributed by atoms with Gasteiger partial charge in [-0.05, 0) is 5.41 Å². The number of aliphatic carboxylic acids is 1. The fourth-order valence-electron chi connectivity index (χ4n) is 0.994. The second-order valence-corrected chi connectivity index (χ2v) is 4.22. The molecule has 0 saturated carbocycles. The smallest absolute Gasteiger partial charge is 0.305 e. The molecule has 13 heavy (non-hydrogen) atoms. The summed E-state index contributed by atoms with van der Waals surface area (Å²) in [6.07, 6.45) is -0.0386. The number of hydrogen-bond donors (Lipinski definition) is 2. The maximum atomic E-state index is 10.8. The van der Waals surface area contributed by atoms with E-state index < -0.39 is 5.97 Å². The van der Waals surface area contributed by atoms with Gasteiger partial charge in [0.2, 0.25) is 5.91 Å². The molecular weight excluding hydrogens is 170 g/mol. The molecule has 4 nitrogen and oxygen atoms in total. The summed E-state index contributed by atoms with van der Waals surface area (Å²) in [5.74, 6) is -1.09. The molecule has 0 unspecified atom stereocenters. The van der Waals surface area contributed by atoms with Crippen LogP contribution in [0.2, 0.25) is 0 Å². The van der Waals surface area contributed by atoms with E-state index in [1.807, 2.05) is 20.8 Å². The molecule has 2 N–H and O–H groups in total. The zero-order valence-corrected chi connectivity index (χ0v) is 8.55. The summed E-state index contributed by atoms with van der Waals surface area (Å²) >= 11 is 0. The molecule has 0 aromatic heterocycles. The Kier molecular flexibility index (Phi) is 3.91. The zero-order chi connectivity index (χ0) is 10.6. The van der Waals surface area contributed by atoms with Crippen molar-refractivity contribution in [2.24, 2.45) is 5.41 Å². The highest BCUT2D eigenvalue weighted by atomic mass is 16.4. The molecule has 4 heteroatoms. The minimum atomic E-state index is -0.895. The minimum Gasteiger partial charge on any atom is -0.481 e. The van der Waals surface area contributed by atoms with Crippen LogP contribution in [-0.4, -0.2) is 23.0 Å². The summed E-state index contributed by atoms with van der Waals surface area (Å²) in [5, 5.41) is 11.2. The van der Waals surface area contributed by atoms with E-state index in [0.717, 1.165) is 0 Å². The highest BCUT2D eigenvalue weighted by molar-refractivity contribution is 5.75. The lowest BCUT2D eigenvalue weighted by atomic mass is 9.85. The Morgan fingerprint density at radius 1 is 1.38 bits per heavy atom. The first-order valence-electron chi connectivity index (χ1n) is 4.22. The van der Waals surface area contributed by atoms with E-state index in [0.29, 0.717) is 0 Å². The maximum Gasteiger partial charge on any atom is 0.305 e. The van der Waals surface area contributed by atoms with Gasteiger partial charge in [-0.15, -0.1) is 0 Å². The van der Waals surface area contributed by atoms with Crippen molar-refractivity contribution in [1.29, 1.82) is 0 Å². The molecule has 0 radical (unpaired) electrons. The predicted octanol–water partition coefficient (Wildman–Crippen LogP) is 1.01. The van der Waals surface area contributed by atoms with E-state index in [-0.39, 0.29) is 23.8 Å². The first kappa shape index (κ1) is 11.9. The van der Waals surface area contributed by atoms with Gasteiger partial charge in [0, 0.05) is 13.0 Å². The van der Waals surface area contributed by atoms with Crippen LogP contribution < -0.4 is 5.32 Å². The first-order valence-corrected chi connectivity index (χ1v) is 4.22. The average Bonchev–Trinajstić information content (AvgIpc) is 1.81. The van der Waals surface area contributed by atoms with Gasteiger partial charge in [-0.1, -0.05) is 20.8 Å². The van der Waals surface area contributed by atoms with Gasteiger partial charge in [0.05, 0.1) is 6.42 Å². The molecule has 0 heterocycles. The van der Waals surface area contributed by atoms with Crippen molar-refractivity contribution in [3.05, 3.63) is 0 Å². The lowest BCUT2D eigenvalue weighted by molar-refractivity contribution is -0.138. The predicted molar refractivity (Wildman–Crippen MR) is 49.3 cm³/mol. The van der Waals surface area contributed by atoms with Crippen molar-refractivity contribution in [3.8, 4) is 0 Å². The molecule has 1 atom stereocenters. The number of nitrogens with one attached hydrogen (secondary N) is 1. The van der Waals surface area contributed by atoms with Crippen LogP contribution in [0.1, 0.15) is 34.1 Å². The quantitative estimate of drug-likeness (QED) is 0.693. The van der Waals surface area contributed by atoms with Gasteiger partial charge in [-0.3, -0.25) is 9.59 Å². The number of rotatable bonds is 3. The standard InChI is InChI=1S/C9H17NO3/c1-6(11)10-7(5-8(12)13)9(2,3)4/h7H,5H2,1-4H3,(H,10,11)(H,12,13)/t7-/m1/s1. The molecule has 0 aromatic rings. The molecule has 0 aromatic carbocycles. The van der Waals surface area contributed by atoms with Crippen molar-refractivity contribution < 1.29 is 14.7 Å². The summed E-state index contributed by atoms with van der Waals surface area (Å²) in [4.78, 5) is 21.3. The number of amides is 1. The van der Waals surface area contributed by atoms with Crippen LogP contribution in [0.4, 0.5) is 0 Å². The van der Waals surface area contributed by atoms with E-state index >= 15 is 0 Å². The topological polar surface area (TPSA) is 66.4 Å². The van der Waals surface area contributed by atoms with Crippen molar-refractivity contribution in [2.45, 2.75) is 40.2 Å². The Labute approximate surface area is 78.3 Å². The Morgan fingerprint density at radius 2 is 1.85 bits per heavy atom. The Bertz CT molecular complexity index is 189. The lowest BCUT2D eigenvalue weighted by Gasteiger charge is -2.29. The monoisotopic (exact) mass is 187 g/mol. The summed E-state index contributed by atoms with van der Waals surface area (Å²) in [5.41, 5.74) is -0.232. The van der Waals surface area contributed by atoms with Crippen LogP contribution in [-0.2, 0) is 9.59 Å². The van der Waals surface area contributed by atoms with Gasteiger partial charge < -0.3 is 10.4 Å².